The van der Waals surface area contributed by atoms with Crippen molar-refractivity contribution in [3.63, 3.8) is 0 Å². The Kier molecular flexibility index (Phi) is 13.1. The van der Waals surface area contributed by atoms with Crippen molar-refractivity contribution in [2.45, 2.75) is 105 Å². The van der Waals surface area contributed by atoms with E-state index in [4.69, 9.17) is 21.1 Å². The van der Waals surface area contributed by atoms with Crippen LogP contribution >= 0.6 is 11.6 Å². The number of Topliss-reactive ketones (excluding diaryl/α,β-unsaturated/α-hetero) is 1. The molecule has 4 rings (SSSR count). The lowest BCUT2D eigenvalue weighted by Gasteiger charge is -2.29. The predicted octanol–water partition coefficient (Wildman–Crippen LogP) is 7.88. The number of imide groups is 1. The monoisotopic (exact) mass is 746 g/mol. The zero-order chi connectivity index (χ0) is 39.2. The van der Waals surface area contributed by atoms with Gasteiger partial charge in [-0.3, -0.25) is 24.1 Å². The topological polar surface area (TPSA) is 134 Å². The molecule has 12 heteroatoms. The van der Waals surface area contributed by atoms with E-state index in [1.165, 1.54) is 17.0 Å². The number of urea groups is 1. The first-order valence-corrected chi connectivity index (χ1v) is 18.3. The summed E-state index contributed by atoms with van der Waals surface area (Å²) in [6.07, 6.45) is -0.927. The van der Waals surface area contributed by atoms with Crippen LogP contribution in [-0.4, -0.2) is 64.3 Å². The molecule has 1 saturated heterocycles. The van der Waals surface area contributed by atoms with Crippen LogP contribution in [0.15, 0.2) is 66.7 Å². The summed E-state index contributed by atoms with van der Waals surface area (Å²) < 4.78 is 12.0. The molecule has 0 aromatic heterocycles. The molecular weight excluding hydrogens is 696 g/mol. The largest absolute Gasteiger partial charge is 0.480 e. The molecule has 0 spiro atoms. The fraction of sp³-hybridized carbons (Fsp3) is 0.439. The zero-order valence-corrected chi connectivity index (χ0v) is 32.8. The van der Waals surface area contributed by atoms with Gasteiger partial charge in [0.15, 0.2) is 17.9 Å². The lowest BCUT2D eigenvalue weighted by molar-refractivity contribution is -0.149. The molecule has 1 aliphatic heterocycles. The van der Waals surface area contributed by atoms with Crippen LogP contribution in [0.25, 0.3) is 0 Å². The molecule has 0 radical (unpaired) electrons. The van der Waals surface area contributed by atoms with Crippen LogP contribution in [0.3, 0.4) is 0 Å². The second-order valence-corrected chi connectivity index (χ2v) is 15.3. The number of amides is 5. The number of nitrogens with zero attached hydrogens (tertiary/aromatic N) is 2. The van der Waals surface area contributed by atoms with E-state index in [1.807, 2.05) is 32.0 Å². The van der Waals surface area contributed by atoms with Crippen molar-refractivity contribution >= 4 is 52.5 Å². The van der Waals surface area contributed by atoms with Crippen LogP contribution in [-0.2, 0) is 35.9 Å². The average molecular weight is 747 g/mol. The number of anilines is 2. The summed E-state index contributed by atoms with van der Waals surface area (Å²) in [5, 5.41) is 5.60. The highest BCUT2D eigenvalue weighted by molar-refractivity contribution is 6.34. The summed E-state index contributed by atoms with van der Waals surface area (Å²) in [4.78, 5) is 71.2. The first-order chi connectivity index (χ1) is 24.9. The SMILES string of the molecule is CCOC1C(=O)N(C(C(=O)Nc2cc(NC(=O)C(CC)Oc3ccc(C)cc3C(C)(C)CC)ccc2Cl)C(=O)C(C)(C)C)C(=O)N1Cc1ccccc1. The molecule has 0 bridgehead atoms. The summed E-state index contributed by atoms with van der Waals surface area (Å²) in [7, 11) is 0. The van der Waals surface area contributed by atoms with E-state index >= 15 is 0 Å². The Morgan fingerprint density at radius 1 is 0.887 bits per heavy atom. The number of aryl methyl sites for hydroxylation is 1. The van der Waals surface area contributed by atoms with Gasteiger partial charge in [-0.15, -0.1) is 0 Å². The fourth-order valence-corrected chi connectivity index (χ4v) is 6.07. The van der Waals surface area contributed by atoms with Gasteiger partial charge in [-0.1, -0.05) is 108 Å². The highest BCUT2D eigenvalue weighted by Gasteiger charge is 2.54. The van der Waals surface area contributed by atoms with Crippen molar-refractivity contribution in [3.8, 4) is 5.75 Å². The third-order valence-electron chi connectivity index (χ3n) is 9.37. The second-order valence-electron chi connectivity index (χ2n) is 14.9. The number of ether oxygens (including phenoxy) is 2. The molecule has 1 heterocycles. The minimum absolute atomic E-state index is 0.0161. The Morgan fingerprint density at radius 3 is 2.17 bits per heavy atom. The molecule has 3 aromatic carbocycles. The number of hydrogen-bond donors (Lipinski definition) is 2. The van der Waals surface area contributed by atoms with Crippen LogP contribution in [0.4, 0.5) is 16.2 Å². The molecule has 3 atom stereocenters. The maximum absolute atomic E-state index is 14.1. The number of rotatable bonds is 15. The fourth-order valence-electron chi connectivity index (χ4n) is 5.90. The van der Waals surface area contributed by atoms with Crippen LogP contribution < -0.4 is 15.4 Å². The van der Waals surface area contributed by atoms with Gasteiger partial charge in [0.2, 0.25) is 6.23 Å². The van der Waals surface area contributed by atoms with Gasteiger partial charge < -0.3 is 20.1 Å². The molecule has 2 N–H and O–H groups in total. The van der Waals surface area contributed by atoms with E-state index in [-0.39, 0.29) is 29.3 Å². The van der Waals surface area contributed by atoms with Gasteiger partial charge in [-0.2, -0.15) is 0 Å². The summed E-state index contributed by atoms with van der Waals surface area (Å²) in [5.74, 6) is -2.24. The first kappa shape index (κ1) is 41.0. The van der Waals surface area contributed by atoms with Crippen LogP contribution in [0, 0.1) is 12.3 Å². The summed E-state index contributed by atoms with van der Waals surface area (Å²) >= 11 is 6.52. The number of nitrogens with one attached hydrogen (secondary N) is 2. The van der Waals surface area contributed by atoms with Crippen molar-refractivity contribution in [2.24, 2.45) is 5.41 Å². The molecule has 3 aromatic rings. The highest BCUT2D eigenvalue weighted by Crippen LogP contribution is 2.36. The molecule has 3 unspecified atom stereocenters. The molecule has 53 heavy (non-hydrogen) atoms. The molecule has 11 nitrogen and oxygen atoms in total. The third kappa shape index (κ3) is 9.44. The zero-order valence-electron chi connectivity index (χ0n) is 32.0. The number of carbonyl (C=O) groups is 5. The van der Waals surface area contributed by atoms with Crippen molar-refractivity contribution in [2.75, 3.05) is 17.2 Å². The Hall–Kier alpha value is -4.74. The number of carbonyl (C=O) groups excluding carboxylic acids is 5. The smallest absolute Gasteiger partial charge is 0.330 e. The van der Waals surface area contributed by atoms with E-state index in [0.717, 1.165) is 23.1 Å². The van der Waals surface area contributed by atoms with Crippen molar-refractivity contribution < 1.29 is 33.4 Å². The maximum atomic E-state index is 14.1. The standard InChI is InChI=1S/C41H51ClN4O7/c1-10-31(53-32-21-18-25(4)22-28(32)41(8,9)11-2)35(48)43-27-19-20-29(42)30(23-27)44-36(49)33(34(47)40(5,6)7)46-37(50)38(52-12-3)45(39(46)51)24-26-16-14-13-15-17-26/h13-23,31,33,38H,10-12,24H2,1-9H3,(H,43,48)(H,44,49). The average Bonchev–Trinajstić information content (AvgIpc) is 3.33. The Balaban J connectivity index is 1.60. The molecule has 1 fully saturated rings. The van der Waals surface area contributed by atoms with Crippen LogP contribution in [0.5, 0.6) is 5.75 Å². The first-order valence-electron chi connectivity index (χ1n) is 18.0. The molecule has 0 aliphatic carbocycles. The number of benzene rings is 3. The molecule has 0 saturated carbocycles. The number of hydrogen-bond acceptors (Lipinski definition) is 7. The van der Waals surface area contributed by atoms with Crippen molar-refractivity contribution in [3.05, 3.63) is 88.4 Å². The normalized spacial score (nSPS) is 16.0. The Bertz CT molecular complexity index is 1840. The van der Waals surface area contributed by atoms with Gasteiger partial charge in [0.05, 0.1) is 17.3 Å². The van der Waals surface area contributed by atoms with Gasteiger partial charge in [0, 0.05) is 23.3 Å². The van der Waals surface area contributed by atoms with Crippen LogP contribution in [0.1, 0.15) is 84.9 Å². The quantitative estimate of drug-likeness (QED) is 0.119. The second kappa shape index (κ2) is 16.9. The van der Waals surface area contributed by atoms with E-state index in [1.54, 1.807) is 58.0 Å². The van der Waals surface area contributed by atoms with Crippen LogP contribution in [0.2, 0.25) is 5.02 Å². The lowest BCUT2D eigenvalue weighted by atomic mass is 9.81. The van der Waals surface area contributed by atoms with Crippen molar-refractivity contribution in [1.29, 1.82) is 0 Å². The molecule has 1 aliphatic rings. The van der Waals surface area contributed by atoms with E-state index in [0.29, 0.717) is 22.8 Å². The summed E-state index contributed by atoms with van der Waals surface area (Å²) in [6, 6.07) is 16.7. The highest BCUT2D eigenvalue weighted by atomic mass is 35.5. The van der Waals surface area contributed by atoms with Crippen molar-refractivity contribution in [1.82, 2.24) is 9.80 Å². The van der Waals surface area contributed by atoms with E-state index in [9.17, 15) is 24.0 Å². The number of halogens is 1. The van der Waals surface area contributed by atoms with Gasteiger partial charge >= 0.3 is 6.03 Å². The summed E-state index contributed by atoms with van der Waals surface area (Å²) in [5.41, 5.74) is 1.87. The molecule has 284 valence electrons. The Labute approximate surface area is 317 Å². The molecule has 5 amide bonds. The lowest BCUT2D eigenvalue weighted by Crippen LogP contribution is -2.55. The van der Waals surface area contributed by atoms with Gasteiger partial charge in [0.25, 0.3) is 17.7 Å². The third-order valence-corrected chi connectivity index (χ3v) is 9.70. The van der Waals surface area contributed by atoms with Gasteiger partial charge in [0.1, 0.15) is 5.75 Å². The minimum Gasteiger partial charge on any atom is -0.480 e. The maximum Gasteiger partial charge on any atom is 0.330 e. The molecular formula is C41H51ClN4O7. The predicted molar refractivity (Wildman–Crippen MR) is 206 cm³/mol. The van der Waals surface area contributed by atoms with E-state index in [2.05, 4.69) is 37.5 Å². The summed E-state index contributed by atoms with van der Waals surface area (Å²) in [6.45, 7) is 16.8. The minimum atomic E-state index is -1.85. The van der Waals surface area contributed by atoms with Gasteiger partial charge in [-0.25, -0.2) is 9.69 Å². The Morgan fingerprint density at radius 2 is 1.57 bits per heavy atom. The van der Waals surface area contributed by atoms with E-state index < -0.39 is 53.3 Å². The number of ketones is 1. The van der Waals surface area contributed by atoms with Gasteiger partial charge in [-0.05, 0) is 61.9 Å².